The number of rotatable bonds is 4. The van der Waals surface area contributed by atoms with Crippen molar-refractivity contribution in [1.82, 2.24) is 20.2 Å². The van der Waals surface area contributed by atoms with Crippen molar-refractivity contribution in [2.24, 2.45) is 0 Å². The Bertz CT molecular complexity index is 1150. The monoisotopic (exact) mass is 457 g/mol. The molecule has 1 N–H and O–H groups in total. The second kappa shape index (κ2) is 9.08. The van der Waals surface area contributed by atoms with E-state index in [2.05, 4.69) is 15.2 Å². The predicted octanol–water partition coefficient (Wildman–Crippen LogP) is 3.32. The van der Waals surface area contributed by atoms with Gasteiger partial charge >= 0.3 is 0 Å². The summed E-state index contributed by atoms with van der Waals surface area (Å²) < 4.78 is 0. The van der Waals surface area contributed by atoms with E-state index in [-0.39, 0.29) is 23.0 Å². The lowest BCUT2D eigenvalue weighted by Crippen LogP contribution is -2.51. The highest BCUT2D eigenvalue weighted by Gasteiger charge is 2.24. The van der Waals surface area contributed by atoms with Crippen molar-refractivity contribution >= 4 is 51.9 Å². The third kappa shape index (κ3) is 4.73. The molecule has 1 aliphatic heterocycles. The highest BCUT2D eigenvalue weighted by atomic mass is 35.5. The second-order valence-electron chi connectivity index (χ2n) is 7.30. The molecule has 0 bridgehead atoms. The zero-order valence-electron chi connectivity index (χ0n) is 16.9. The molecule has 1 aromatic heterocycles. The van der Waals surface area contributed by atoms with Gasteiger partial charge in [0.2, 0.25) is 5.91 Å². The molecular formula is C22H21Cl2N5O2. The van der Waals surface area contributed by atoms with E-state index in [1.807, 2.05) is 31.2 Å². The first-order valence-electron chi connectivity index (χ1n) is 9.92. The lowest BCUT2D eigenvalue weighted by Gasteiger charge is -2.36. The number of nitrogens with zero attached hydrogens (tertiary/aromatic N) is 4. The van der Waals surface area contributed by atoms with Crippen molar-refractivity contribution in [2.75, 3.05) is 37.6 Å². The van der Waals surface area contributed by atoms with Gasteiger partial charge in [-0.1, -0.05) is 35.3 Å². The van der Waals surface area contributed by atoms with E-state index in [0.29, 0.717) is 31.2 Å². The number of hydrogen-bond acceptors (Lipinski definition) is 5. The van der Waals surface area contributed by atoms with Gasteiger partial charge in [-0.05, 0) is 37.3 Å². The summed E-state index contributed by atoms with van der Waals surface area (Å²) in [5.41, 5.74) is 2.87. The maximum Gasteiger partial charge on any atom is 0.253 e. The highest BCUT2D eigenvalue weighted by Crippen LogP contribution is 2.22. The third-order valence-electron chi connectivity index (χ3n) is 5.23. The molecule has 0 unspecified atom stereocenters. The first-order valence-corrected chi connectivity index (χ1v) is 10.7. The molecule has 31 heavy (non-hydrogen) atoms. The summed E-state index contributed by atoms with van der Waals surface area (Å²) in [5, 5.41) is 3.33. The third-order valence-corrected chi connectivity index (χ3v) is 5.78. The molecule has 160 valence electrons. The summed E-state index contributed by atoms with van der Waals surface area (Å²) in [6.45, 7) is 4.25. The van der Waals surface area contributed by atoms with E-state index < -0.39 is 5.91 Å². The summed E-state index contributed by atoms with van der Waals surface area (Å²) in [6, 6.07) is 12.4. The van der Waals surface area contributed by atoms with Gasteiger partial charge in [0.1, 0.15) is 0 Å². The number of fused-ring (bicyclic) bond motifs is 1. The van der Waals surface area contributed by atoms with Gasteiger partial charge in [0, 0.05) is 31.2 Å². The lowest BCUT2D eigenvalue weighted by atomic mass is 10.2. The van der Waals surface area contributed by atoms with Crippen LogP contribution in [0.2, 0.25) is 10.0 Å². The normalized spacial score (nSPS) is 14.0. The van der Waals surface area contributed by atoms with Crippen LogP contribution in [-0.4, -0.2) is 59.4 Å². The lowest BCUT2D eigenvalue weighted by molar-refractivity contribution is -0.130. The van der Waals surface area contributed by atoms with Crippen LogP contribution in [0.5, 0.6) is 0 Å². The predicted molar refractivity (Wildman–Crippen MR) is 122 cm³/mol. The van der Waals surface area contributed by atoms with Crippen molar-refractivity contribution < 1.29 is 9.59 Å². The Morgan fingerprint density at radius 1 is 1.00 bits per heavy atom. The molecule has 1 fully saturated rings. The van der Waals surface area contributed by atoms with E-state index in [4.69, 9.17) is 28.2 Å². The molecule has 0 atom stereocenters. The average molecular weight is 458 g/mol. The van der Waals surface area contributed by atoms with Gasteiger partial charge in [-0.3, -0.25) is 9.59 Å². The fourth-order valence-corrected chi connectivity index (χ4v) is 4.08. The molecular weight excluding hydrogens is 437 g/mol. The smallest absolute Gasteiger partial charge is 0.253 e. The first kappa shape index (κ1) is 21.3. The van der Waals surface area contributed by atoms with Crippen molar-refractivity contribution in [3.63, 3.8) is 0 Å². The summed E-state index contributed by atoms with van der Waals surface area (Å²) in [6.07, 6.45) is 0. The molecule has 2 heterocycles. The number of carbonyl (C=O) groups is 2. The SMILES string of the molecule is Cc1nc2ccccc2nc1N1CCN(C(=O)CNC(=O)c2ccc(Cl)cc2Cl)CC1. The van der Waals surface area contributed by atoms with Gasteiger partial charge in [-0.15, -0.1) is 0 Å². The largest absolute Gasteiger partial charge is 0.352 e. The fraction of sp³-hybridized carbons (Fsp3) is 0.273. The Labute approximate surface area is 190 Å². The minimum atomic E-state index is -0.407. The molecule has 0 spiro atoms. The molecule has 0 aliphatic carbocycles. The van der Waals surface area contributed by atoms with Gasteiger partial charge in [0.15, 0.2) is 5.82 Å². The molecule has 7 nitrogen and oxygen atoms in total. The van der Waals surface area contributed by atoms with Crippen LogP contribution in [0.1, 0.15) is 16.1 Å². The fourth-order valence-electron chi connectivity index (χ4n) is 3.58. The Morgan fingerprint density at radius 2 is 1.68 bits per heavy atom. The van der Waals surface area contributed by atoms with Gasteiger partial charge in [0.25, 0.3) is 5.91 Å². The van der Waals surface area contributed by atoms with Crippen LogP contribution in [0.25, 0.3) is 11.0 Å². The van der Waals surface area contributed by atoms with E-state index >= 15 is 0 Å². The number of carbonyl (C=O) groups excluding carboxylic acids is 2. The van der Waals surface area contributed by atoms with E-state index in [1.54, 1.807) is 11.0 Å². The van der Waals surface area contributed by atoms with Gasteiger partial charge in [-0.25, -0.2) is 9.97 Å². The van der Waals surface area contributed by atoms with Crippen LogP contribution in [0.15, 0.2) is 42.5 Å². The van der Waals surface area contributed by atoms with E-state index in [9.17, 15) is 9.59 Å². The van der Waals surface area contributed by atoms with Gasteiger partial charge in [-0.2, -0.15) is 0 Å². The summed E-state index contributed by atoms with van der Waals surface area (Å²) in [7, 11) is 0. The minimum Gasteiger partial charge on any atom is -0.352 e. The van der Waals surface area contributed by atoms with Crippen molar-refractivity contribution in [3.8, 4) is 0 Å². The van der Waals surface area contributed by atoms with Crippen LogP contribution >= 0.6 is 23.2 Å². The number of halogens is 2. The molecule has 4 rings (SSSR count). The molecule has 2 aromatic carbocycles. The standard InChI is InChI=1S/C22H21Cl2N5O2/c1-14-21(27-19-5-3-2-4-18(19)26-14)29-10-8-28(9-11-29)20(30)13-25-22(31)16-7-6-15(23)12-17(16)24/h2-7,12H,8-11,13H2,1H3,(H,25,31). The average Bonchev–Trinajstić information content (AvgIpc) is 2.77. The van der Waals surface area contributed by atoms with Crippen LogP contribution in [0.4, 0.5) is 5.82 Å². The van der Waals surface area contributed by atoms with Crippen LogP contribution in [0.3, 0.4) is 0 Å². The molecule has 9 heteroatoms. The van der Waals surface area contributed by atoms with Crippen LogP contribution in [0, 0.1) is 6.92 Å². The molecule has 3 aromatic rings. The molecule has 1 aliphatic rings. The Hall–Kier alpha value is -2.90. The number of aryl methyl sites for hydroxylation is 1. The number of anilines is 1. The maximum atomic E-state index is 12.6. The second-order valence-corrected chi connectivity index (χ2v) is 8.14. The van der Waals surface area contributed by atoms with Gasteiger partial charge in [0.05, 0.1) is 33.9 Å². The first-order chi connectivity index (χ1) is 14.9. The Morgan fingerprint density at radius 3 is 2.35 bits per heavy atom. The van der Waals surface area contributed by atoms with Gasteiger partial charge < -0.3 is 15.1 Å². The molecule has 2 amide bonds. The zero-order chi connectivity index (χ0) is 22.0. The van der Waals surface area contributed by atoms with Crippen LogP contribution in [-0.2, 0) is 4.79 Å². The highest BCUT2D eigenvalue weighted by molar-refractivity contribution is 6.36. The number of hydrogen-bond donors (Lipinski definition) is 1. The molecule has 1 saturated heterocycles. The number of piperazine rings is 1. The van der Waals surface area contributed by atoms with Crippen molar-refractivity contribution in [3.05, 3.63) is 63.8 Å². The van der Waals surface area contributed by atoms with Crippen LogP contribution < -0.4 is 10.2 Å². The van der Waals surface area contributed by atoms with E-state index in [0.717, 1.165) is 22.5 Å². The maximum absolute atomic E-state index is 12.6. The number of para-hydroxylation sites is 2. The molecule has 0 saturated carbocycles. The van der Waals surface area contributed by atoms with Crippen molar-refractivity contribution in [2.45, 2.75) is 6.92 Å². The minimum absolute atomic E-state index is 0.0907. The molecule has 0 radical (unpaired) electrons. The summed E-state index contributed by atoms with van der Waals surface area (Å²) in [4.78, 5) is 38.2. The number of nitrogens with one attached hydrogen (secondary N) is 1. The summed E-state index contributed by atoms with van der Waals surface area (Å²) >= 11 is 11.9. The zero-order valence-corrected chi connectivity index (χ0v) is 18.5. The topological polar surface area (TPSA) is 78.4 Å². The Balaban J connectivity index is 1.34. The number of benzene rings is 2. The Kier molecular flexibility index (Phi) is 6.25. The van der Waals surface area contributed by atoms with Crippen molar-refractivity contribution in [1.29, 1.82) is 0 Å². The number of aromatic nitrogens is 2. The quantitative estimate of drug-likeness (QED) is 0.649. The summed E-state index contributed by atoms with van der Waals surface area (Å²) in [5.74, 6) is 0.298. The van der Waals surface area contributed by atoms with E-state index in [1.165, 1.54) is 12.1 Å². The number of amides is 2.